The van der Waals surface area contributed by atoms with Crippen LogP contribution in [-0.2, 0) is 15.8 Å². The first-order valence-corrected chi connectivity index (χ1v) is 7.92. The van der Waals surface area contributed by atoms with E-state index >= 15 is 0 Å². The van der Waals surface area contributed by atoms with Crippen LogP contribution in [0.15, 0.2) is 24.3 Å². The molecular weight excluding hydrogens is 246 g/mol. The van der Waals surface area contributed by atoms with Gasteiger partial charge in [0.25, 0.3) is 0 Å². The molecule has 0 radical (unpaired) electrons. The Morgan fingerprint density at radius 3 is 2.00 bits per heavy atom. The minimum atomic E-state index is -3.26. The Hall–Kier alpha value is -0.870. The van der Waals surface area contributed by atoms with Crippen molar-refractivity contribution in [1.29, 1.82) is 0 Å². The molecule has 0 atom stereocenters. The third-order valence-electron chi connectivity index (χ3n) is 2.94. The average molecular weight is 269 g/mol. The number of hydrogen-bond donors (Lipinski definition) is 0. The maximum atomic E-state index is 12.5. The number of nitrogens with zero attached hydrogens (tertiary/aromatic N) is 1. The molecule has 1 aromatic rings. The van der Waals surface area contributed by atoms with Crippen LogP contribution in [0.25, 0.3) is 0 Å². The molecule has 0 spiro atoms. The van der Waals surface area contributed by atoms with Crippen molar-refractivity contribution < 1.29 is 8.42 Å². The van der Waals surface area contributed by atoms with Gasteiger partial charge in [-0.15, -0.1) is 0 Å². The molecule has 1 rings (SSSR count). The van der Waals surface area contributed by atoms with Gasteiger partial charge in [-0.25, -0.2) is 8.42 Å². The van der Waals surface area contributed by atoms with E-state index in [-0.39, 0.29) is 17.8 Å². The summed E-state index contributed by atoms with van der Waals surface area (Å²) < 4.78 is 26.5. The monoisotopic (exact) mass is 269 g/mol. The maximum Gasteiger partial charge on any atom is 0.218 e. The predicted octanol–water partition coefficient (Wildman–Crippen LogP) is 2.94. The van der Waals surface area contributed by atoms with E-state index in [1.807, 2.05) is 58.9 Å². The third-order valence-corrected chi connectivity index (χ3v) is 5.10. The van der Waals surface area contributed by atoms with Crippen LogP contribution in [0.1, 0.15) is 38.8 Å². The maximum absolute atomic E-state index is 12.5. The Balaban J connectivity index is 3.04. The molecule has 0 amide bonds. The van der Waals surface area contributed by atoms with E-state index in [0.29, 0.717) is 0 Å². The molecule has 0 N–H and O–H groups in total. The summed E-state index contributed by atoms with van der Waals surface area (Å²) in [4.78, 5) is 0. The Kier molecular flexibility index (Phi) is 4.93. The molecule has 102 valence electrons. The summed E-state index contributed by atoms with van der Waals surface area (Å²) >= 11 is 0. The SMILES string of the molecule is Cc1ccccc1CS(=O)(=O)N(C(C)C)C(C)C. The van der Waals surface area contributed by atoms with Crippen LogP contribution in [0.2, 0.25) is 0 Å². The van der Waals surface area contributed by atoms with Gasteiger partial charge >= 0.3 is 0 Å². The summed E-state index contributed by atoms with van der Waals surface area (Å²) in [7, 11) is -3.26. The first-order valence-electron chi connectivity index (χ1n) is 6.31. The van der Waals surface area contributed by atoms with Crippen LogP contribution in [0.4, 0.5) is 0 Å². The fourth-order valence-corrected chi connectivity index (χ4v) is 4.43. The average Bonchev–Trinajstić information content (AvgIpc) is 2.19. The summed E-state index contributed by atoms with van der Waals surface area (Å²) in [5.74, 6) is 0.0794. The lowest BCUT2D eigenvalue weighted by Crippen LogP contribution is -2.42. The van der Waals surface area contributed by atoms with Gasteiger partial charge in [0.1, 0.15) is 0 Å². The molecule has 18 heavy (non-hydrogen) atoms. The van der Waals surface area contributed by atoms with Gasteiger partial charge in [0.2, 0.25) is 10.0 Å². The van der Waals surface area contributed by atoms with E-state index in [1.54, 1.807) is 4.31 Å². The second kappa shape index (κ2) is 5.85. The van der Waals surface area contributed by atoms with Gasteiger partial charge < -0.3 is 0 Å². The van der Waals surface area contributed by atoms with Crippen LogP contribution in [-0.4, -0.2) is 24.8 Å². The molecule has 0 aliphatic carbocycles. The van der Waals surface area contributed by atoms with Crippen molar-refractivity contribution in [3.63, 3.8) is 0 Å². The summed E-state index contributed by atoms with van der Waals surface area (Å²) in [5, 5.41) is 0. The number of hydrogen-bond acceptors (Lipinski definition) is 2. The molecule has 0 unspecified atom stereocenters. The highest BCUT2D eigenvalue weighted by molar-refractivity contribution is 7.88. The van der Waals surface area contributed by atoms with Crippen molar-refractivity contribution in [3.05, 3.63) is 35.4 Å². The molecule has 0 aliphatic rings. The van der Waals surface area contributed by atoms with Gasteiger partial charge in [-0.3, -0.25) is 0 Å². The van der Waals surface area contributed by atoms with Crippen molar-refractivity contribution >= 4 is 10.0 Å². The molecule has 0 heterocycles. The van der Waals surface area contributed by atoms with Crippen molar-refractivity contribution in [2.75, 3.05) is 0 Å². The lowest BCUT2D eigenvalue weighted by Gasteiger charge is -2.29. The third kappa shape index (κ3) is 3.56. The normalized spacial score (nSPS) is 12.7. The topological polar surface area (TPSA) is 37.4 Å². The van der Waals surface area contributed by atoms with Gasteiger partial charge in [0.05, 0.1) is 5.75 Å². The van der Waals surface area contributed by atoms with E-state index in [4.69, 9.17) is 0 Å². The lowest BCUT2D eigenvalue weighted by atomic mass is 10.1. The van der Waals surface area contributed by atoms with Gasteiger partial charge in [0.15, 0.2) is 0 Å². The number of benzene rings is 1. The van der Waals surface area contributed by atoms with E-state index in [2.05, 4.69) is 0 Å². The molecule has 4 heteroatoms. The first-order chi connectivity index (χ1) is 8.25. The van der Waals surface area contributed by atoms with Crippen molar-refractivity contribution in [2.24, 2.45) is 0 Å². The Morgan fingerprint density at radius 2 is 1.56 bits per heavy atom. The number of sulfonamides is 1. The van der Waals surface area contributed by atoms with Crippen LogP contribution in [0.3, 0.4) is 0 Å². The molecule has 0 saturated carbocycles. The molecular formula is C14H23NO2S. The lowest BCUT2D eigenvalue weighted by molar-refractivity contribution is 0.302. The quantitative estimate of drug-likeness (QED) is 0.824. The largest absolute Gasteiger partial charge is 0.218 e. The second-order valence-corrected chi connectivity index (χ2v) is 7.07. The zero-order valence-corrected chi connectivity index (χ0v) is 12.7. The highest BCUT2D eigenvalue weighted by Crippen LogP contribution is 2.18. The molecule has 1 aromatic carbocycles. The minimum Gasteiger partial charge on any atom is -0.212 e. The number of aryl methyl sites for hydroxylation is 1. The van der Waals surface area contributed by atoms with E-state index in [0.717, 1.165) is 11.1 Å². The number of rotatable bonds is 5. The van der Waals surface area contributed by atoms with Crippen LogP contribution < -0.4 is 0 Å². The minimum absolute atomic E-state index is 0.0148. The van der Waals surface area contributed by atoms with E-state index < -0.39 is 10.0 Å². The Labute approximate surface area is 111 Å². The summed E-state index contributed by atoms with van der Waals surface area (Å²) in [6.07, 6.45) is 0. The van der Waals surface area contributed by atoms with Gasteiger partial charge in [-0.05, 0) is 45.7 Å². The zero-order valence-electron chi connectivity index (χ0n) is 11.8. The van der Waals surface area contributed by atoms with E-state index in [9.17, 15) is 8.42 Å². The van der Waals surface area contributed by atoms with Crippen LogP contribution in [0.5, 0.6) is 0 Å². The van der Waals surface area contributed by atoms with Crippen LogP contribution in [0, 0.1) is 6.92 Å². The smallest absolute Gasteiger partial charge is 0.212 e. The van der Waals surface area contributed by atoms with E-state index in [1.165, 1.54) is 0 Å². The van der Waals surface area contributed by atoms with Gasteiger partial charge in [-0.2, -0.15) is 4.31 Å². The molecule has 3 nitrogen and oxygen atoms in total. The molecule has 0 aromatic heterocycles. The summed E-state index contributed by atoms with van der Waals surface area (Å²) in [6, 6.07) is 7.60. The summed E-state index contributed by atoms with van der Waals surface area (Å²) in [6.45, 7) is 9.59. The standard InChI is InChI=1S/C14H23NO2S/c1-11(2)15(12(3)4)18(16,17)10-14-9-7-6-8-13(14)5/h6-9,11-12H,10H2,1-5H3. The Morgan fingerprint density at radius 1 is 1.06 bits per heavy atom. The second-order valence-electron chi connectivity index (χ2n) is 5.20. The summed E-state index contributed by atoms with van der Waals surface area (Å²) in [5.41, 5.74) is 1.90. The highest BCUT2D eigenvalue weighted by Gasteiger charge is 2.27. The Bertz CT molecular complexity index is 484. The van der Waals surface area contributed by atoms with Gasteiger partial charge in [-0.1, -0.05) is 24.3 Å². The van der Waals surface area contributed by atoms with Crippen molar-refractivity contribution in [1.82, 2.24) is 4.31 Å². The molecule has 0 fully saturated rings. The predicted molar refractivity (Wildman–Crippen MR) is 75.9 cm³/mol. The van der Waals surface area contributed by atoms with Crippen molar-refractivity contribution in [2.45, 2.75) is 52.5 Å². The molecule has 0 saturated heterocycles. The molecule has 0 bridgehead atoms. The van der Waals surface area contributed by atoms with Gasteiger partial charge in [0, 0.05) is 12.1 Å². The molecule has 0 aliphatic heterocycles. The highest BCUT2D eigenvalue weighted by atomic mass is 32.2. The fraction of sp³-hybridized carbons (Fsp3) is 0.571. The van der Waals surface area contributed by atoms with Crippen LogP contribution >= 0.6 is 0 Å². The van der Waals surface area contributed by atoms with Crippen molar-refractivity contribution in [3.8, 4) is 0 Å². The fourth-order valence-electron chi connectivity index (χ4n) is 2.28. The zero-order chi connectivity index (χ0) is 13.9. The first kappa shape index (κ1) is 15.2.